The van der Waals surface area contributed by atoms with Crippen molar-refractivity contribution in [3.8, 4) is 5.75 Å². The lowest BCUT2D eigenvalue weighted by Gasteiger charge is -2.25. The predicted molar refractivity (Wildman–Crippen MR) is 146 cm³/mol. The van der Waals surface area contributed by atoms with Gasteiger partial charge in [0.15, 0.2) is 29.4 Å². The number of nitrogens with one attached hydrogen (secondary N) is 2. The molecule has 6 atom stereocenters. The first-order chi connectivity index (χ1) is 19.5. The summed E-state index contributed by atoms with van der Waals surface area (Å²) in [5, 5.41) is 16.5. The van der Waals surface area contributed by atoms with E-state index in [1.54, 1.807) is 44.2 Å². The number of nitrogens with two attached hydrogens (primary N) is 1. The van der Waals surface area contributed by atoms with Crippen LogP contribution in [0, 0.1) is 0 Å². The van der Waals surface area contributed by atoms with Crippen molar-refractivity contribution in [2.75, 3.05) is 17.7 Å². The fourth-order valence-corrected chi connectivity index (χ4v) is 5.71. The molecule has 14 nitrogen and oxygen atoms in total. The number of carbonyl (C=O) groups is 1. The number of hydrogen-bond acceptors (Lipinski definition) is 12. The number of esters is 1. The average molecular weight is 594 g/mol. The summed E-state index contributed by atoms with van der Waals surface area (Å²) in [6, 6.07) is 7.34. The molecular formula is C25H33FN7O7P. The number of aliphatic hydroxyl groups is 1. The Morgan fingerprint density at radius 3 is 2.68 bits per heavy atom. The van der Waals surface area contributed by atoms with Gasteiger partial charge >= 0.3 is 13.7 Å². The van der Waals surface area contributed by atoms with Crippen molar-refractivity contribution < 1.29 is 37.4 Å². The van der Waals surface area contributed by atoms with E-state index in [0.29, 0.717) is 11.3 Å². The average Bonchev–Trinajstić information content (AvgIpc) is 3.57. The molecule has 16 heteroatoms. The molecule has 0 amide bonds. The number of nitrogen functional groups attached to an aromatic ring is 1. The third kappa shape index (κ3) is 6.76. The Morgan fingerprint density at radius 2 is 2.00 bits per heavy atom. The van der Waals surface area contributed by atoms with Crippen molar-refractivity contribution in [1.82, 2.24) is 24.6 Å². The molecule has 1 saturated heterocycles. The standard InChI is InChI=1S/C25H33FN7O7P/c1-13(2)38-24(35)14(3)32-41(36,40-16-7-5-4-6-8-16)37-11-17-20(34)18(26)23(39-17)33-12-28-19-21(29-15-9-10-15)30-25(27)31-22(19)33/h4-8,12-15,17-18,20,23,34H,9-11H2,1-3H3,(H,32,36)(H3,27,29,30,31)/t14-,17-,18+,20-,23-,41+/m1/s1. The number of aromatic nitrogens is 4. The molecule has 5 rings (SSSR count). The topological polar surface area (TPSA) is 185 Å². The second-order valence-corrected chi connectivity index (χ2v) is 11.9. The quantitative estimate of drug-likeness (QED) is 0.178. The number of alkyl halides is 1. The number of nitrogens with zero attached hydrogens (tertiary/aromatic N) is 4. The molecule has 2 aromatic heterocycles. The zero-order valence-corrected chi connectivity index (χ0v) is 23.6. The number of ether oxygens (including phenoxy) is 2. The van der Waals surface area contributed by atoms with Crippen LogP contribution in [0.2, 0.25) is 0 Å². The maximum atomic E-state index is 15.4. The largest absolute Gasteiger partial charge is 0.462 e. The number of aliphatic hydroxyl groups excluding tert-OH is 1. The molecule has 5 N–H and O–H groups in total. The maximum Gasteiger partial charge on any atom is 0.459 e. The SMILES string of the molecule is CC(C)OC(=O)[C@@H](C)N[P@](=O)(OC[C@H]1O[C@@H](n2cnc3c(NC4CC4)nc(N)nc32)[C@@H](F)[C@@H]1O)Oc1ccccc1. The van der Waals surface area contributed by atoms with E-state index < -0.39 is 57.1 Å². The lowest BCUT2D eigenvalue weighted by Crippen LogP contribution is -2.37. The minimum atomic E-state index is -4.26. The molecule has 222 valence electrons. The highest BCUT2D eigenvalue weighted by Crippen LogP contribution is 2.46. The van der Waals surface area contributed by atoms with E-state index in [9.17, 15) is 14.5 Å². The van der Waals surface area contributed by atoms with Gasteiger partial charge in [-0.2, -0.15) is 15.1 Å². The third-order valence-corrected chi connectivity index (χ3v) is 8.00. The number of para-hydroxylation sites is 1. The summed E-state index contributed by atoms with van der Waals surface area (Å²) >= 11 is 0. The number of benzene rings is 1. The lowest BCUT2D eigenvalue weighted by molar-refractivity contribution is -0.149. The van der Waals surface area contributed by atoms with E-state index >= 15 is 4.39 Å². The third-order valence-electron chi connectivity index (χ3n) is 6.36. The highest BCUT2D eigenvalue weighted by atomic mass is 31.2. The van der Waals surface area contributed by atoms with Crippen LogP contribution in [0.1, 0.15) is 39.8 Å². The van der Waals surface area contributed by atoms with Crippen LogP contribution in [0.4, 0.5) is 16.2 Å². The van der Waals surface area contributed by atoms with E-state index in [4.69, 9.17) is 24.3 Å². The van der Waals surface area contributed by atoms with Gasteiger partial charge in [0.25, 0.3) is 0 Å². The molecule has 0 unspecified atom stereocenters. The second-order valence-electron chi connectivity index (χ2n) is 10.2. The first kappa shape index (κ1) is 29.1. The minimum absolute atomic E-state index is 0.0357. The fraction of sp³-hybridized carbons (Fsp3) is 0.520. The Morgan fingerprint density at radius 1 is 1.27 bits per heavy atom. The highest BCUT2D eigenvalue weighted by molar-refractivity contribution is 7.52. The van der Waals surface area contributed by atoms with Gasteiger partial charge in [-0.3, -0.25) is 13.9 Å². The Balaban J connectivity index is 1.32. The molecule has 1 aliphatic heterocycles. The van der Waals surface area contributed by atoms with Gasteiger partial charge in [0.2, 0.25) is 5.95 Å². The van der Waals surface area contributed by atoms with Gasteiger partial charge in [0.1, 0.15) is 24.0 Å². The number of hydrogen-bond donors (Lipinski definition) is 4. The highest BCUT2D eigenvalue weighted by Gasteiger charge is 2.47. The number of anilines is 2. The van der Waals surface area contributed by atoms with Gasteiger partial charge < -0.3 is 30.2 Å². The normalized spacial score (nSPS) is 24.7. The molecule has 1 aromatic carbocycles. The molecule has 0 spiro atoms. The van der Waals surface area contributed by atoms with Gasteiger partial charge in [-0.05, 0) is 45.7 Å². The van der Waals surface area contributed by atoms with Crippen LogP contribution >= 0.6 is 7.75 Å². The first-order valence-electron chi connectivity index (χ1n) is 13.2. The summed E-state index contributed by atoms with van der Waals surface area (Å²) < 4.78 is 52.6. The molecule has 0 bridgehead atoms. The van der Waals surface area contributed by atoms with Crippen LogP contribution in [0.15, 0.2) is 36.7 Å². The maximum absolute atomic E-state index is 15.4. The molecule has 3 heterocycles. The zero-order valence-electron chi connectivity index (χ0n) is 22.7. The number of fused-ring (bicyclic) bond motifs is 1. The minimum Gasteiger partial charge on any atom is -0.462 e. The van der Waals surface area contributed by atoms with Crippen LogP contribution in [0.5, 0.6) is 5.75 Å². The van der Waals surface area contributed by atoms with E-state index in [0.717, 1.165) is 12.8 Å². The Labute approximate surface area is 235 Å². The van der Waals surface area contributed by atoms with E-state index in [1.807, 2.05) is 0 Å². The first-order valence-corrected chi connectivity index (χ1v) is 14.8. The van der Waals surface area contributed by atoms with Crippen LogP contribution < -0.4 is 20.7 Å². The monoisotopic (exact) mass is 593 g/mol. The molecule has 41 heavy (non-hydrogen) atoms. The lowest BCUT2D eigenvalue weighted by atomic mass is 10.1. The van der Waals surface area contributed by atoms with Crippen LogP contribution in [-0.2, 0) is 23.4 Å². The summed E-state index contributed by atoms with van der Waals surface area (Å²) in [6.07, 6.45) is -3.27. The van der Waals surface area contributed by atoms with Crippen LogP contribution in [0.25, 0.3) is 11.2 Å². The van der Waals surface area contributed by atoms with Gasteiger partial charge in [-0.25, -0.2) is 13.9 Å². The molecule has 2 aliphatic rings. The zero-order chi connectivity index (χ0) is 29.3. The predicted octanol–water partition coefficient (Wildman–Crippen LogP) is 2.71. The van der Waals surface area contributed by atoms with Gasteiger partial charge in [-0.15, -0.1) is 0 Å². The number of imidazole rings is 1. The van der Waals surface area contributed by atoms with Crippen molar-refractivity contribution in [2.24, 2.45) is 0 Å². The van der Waals surface area contributed by atoms with Gasteiger partial charge in [-0.1, -0.05) is 18.2 Å². The summed E-state index contributed by atoms with van der Waals surface area (Å²) in [4.78, 5) is 25.1. The smallest absolute Gasteiger partial charge is 0.459 e. The summed E-state index contributed by atoms with van der Waals surface area (Å²) in [5.74, 6) is -0.0887. The van der Waals surface area contributed by atoms with Crippen molar-refractivity contribution in [2.45, 2.75) is 76.4 Å². The molecular weight excluding hydrogens is 560 g/mol. The van der Waals surface area contributed by atoms with E-state index in [1.165, 1.54) is 17.8 Å². The molecule has 1 saturated carbocycles. The molecule has 1 aliphatic carbocycles. The Bertz CT molecular complexity index is 1420. The van der Waals surface area contributed by atoms with E-state index in [2.05, 4.69) is 25.4 Å². The summed E-state index contributed by atoms with van der Waals surface area (Å²) in [6.45, 7) is 4.25. The second kappa shape index (κ2) is 11.9. The molecule has 3 aromatic rings. The van der Waals surface area contributed by atoms with Crippen molar-refractivity contribution in [1.29, 1.82) is 0 Å². The van der Waals surface area contributed by atoms with E-state index in [-0.39, 0.29) is 23.4 Å². The number of carbonyl (C=O) groups excluding carboxylic acids is 1. The molecule has 0 radical (unpaired) electrons. The van der Waals surface area contributed by atoms with Crippen molar-refractivity contribution in [3.05, 3.63) is 36.7 Å². The van der Waals surface area contributed by atoms with Gasteiger partial charge in [0, 0.05) is 6.04 Å². The fourth-order valence-electron chi connectivity index (χ4n) is 4.21. The Hall–Kier alpha value is -3.36. The van der Waals surface area contributed by atoms with Crippen LogP contribution in [0.3, 0.4) is 0 Å². The number of halogens is 1. The van der Waals surface area contributed by atoms with Crippen molar-refractivity contribution in [3.63, 3.8) is 0 Å². The number of rotatable bonds is 12. The summed E-state index contributed by atoms with van der Waals surface area (Å²) in [5.41, 5.74) is 6.49. The van der Waals surface area contributed by atoms with Gasteiger partial charge in [0.05, 0.1) is 19.0 Å². The Kier molecular flexibility index (Phi) is 8.43. The summed E-state index contributed by atoms with van der Waals surface area (Å²) in [7, 11) is -4.26. The van der Waals surface area contributed by atoms with Crippen molar-refractivity contribution >= 4 is 36.6 Å². The molecule has 2 fully saturated rings. The van der Waals surface area contributed by atoms with Crippen LogP contribution in [-0.4, -0.2) is 73.8 Å².